The number of hydrogen-bond acceptors (Lipinski definition) is 5. The van der Waals surface area contributed by atoms with Gasteiger partial charge in [-0.15, -0.1) is 0 Å². The second-order valence-electron chi connectivity index (χ2n) is 5.99. The highest BCUT2D eigenvalue weighted by atomic mass is 16.6. The highest BCUT2D eigenvalue weighted by molar-refractivity contribution is 5.73. The Balaban J connectivity index is 2.37. The number of amides is 1. The maximum atomic E-state index is 11.6. The van der Waals surface area contributed by atoms with Gasteiger partial charge >= 0.3 is 6.09 Å². The van der Waals surface area contributed by atoms with Gasteiger partial charge in [-0.3, -0.25) is 4.90 Å². The molecule has 6 heteroatoms. The monoisotopic (exact) mass is 271 g/mol. The van der Waals surface area contributed by atoms with Crippen molar-refractivity contribution in [1.29, 1.82) is 0 Å². The molecule has 0 saturated carbocycles. The quantitative estimate of drug-likeness (QED) is 0.746. The Morgan fingerprint density at radius 2 is 1.89 bits per heavy atom. The van der Waals surface area contributed by atoms with Gasteiger partial charge in [0.2, 0.25) is 0 Å². The van der Waals surface area contributed by atoms with Gasteiger partial charge in [0.25, 0.3) is 0 Å². The second-order valence-corrected chi connectivity index (χ2v) is 5.99. The van der Waals surface area contributed by atoms with E-state index in [0.717, 1.165) is 32.5 Å². The molecule has 0 radical (unpaired) electrons. The van der Waals surface area contributed by atoms with Gasteiger partial charge in [-0.1, -0.05) is 0 Å². The molecule has 19 heavy (non-hydrogen) atoms. The lowest BCUT2D eigenvalue weighted by Gasteiger charge is -2.33. The number of aldehydes is 1. The Bertz CT molecular complexity index is 307. The SMILES string of the molecule is CN1CCN(CC(C=O)NC(=O)OC(C)(C)C)CC1. The fraction of sp³-hybridized carbons (Fsp3) is 0.846. The number of hydrogen-bond donors (Lipinski definition) is 1. The first-order valence-electron chi connectivity index (χ1n) is 6.66. The average molecular weight is 271 g/mol. The van der Waals surface area contributed by atoms with Crippen molar-refractivity contribution in [3.05, 3.63) is 0 Å². The van der Waals surface area contributed by atoms with Crippen molar-refractivity contribution in [2.24, 2.45) is 0 Å². The number of alkyl carbamates (subject to hydrolysis) is 1. The summed E-state index contributed by atoms with van der Waals surface area (Å²) in [6.07, 6.45) is 0.223. The molecule has 1 N–H and O–H groups in total. The van der Waals surface area contributed by atoms with Crippen LogP contribution in [0.15, 0.2) is 0 Å². The topological polar surface area (TPSA) is 61.9 Å². The molecule has 1 unspecified atom stereocenters. The molecule has 0 spiro atoms. The summed E-state index contributed by atoms with van der Waals surface area (Å²) in [5.41, 5.74) is -0.550. The van der Waals surface area contributed by atoms with E-state index in [1.165, 1.54) is 0 Å². The normalized spacial score (nSPS) is 19.8. The molecular weight excluding hydrogens is 246 g/mol. The fourth-order valence-electron chi connectivity index (χ4n) is 1.89. The minimum absolute atomic E-state index is 0.516. The molecule has 1 amide bonds. The van der Waals surface area contributed by atoms with Crippen LogP contribution in [0.3, 0.4) is 0 Å². The van der Waals surface area contributed by atoms with Gasteiger partial charge in [0, 0.05) is 32.7 Å². The van der Waals surface area contributed by atoms with E-state index in [0.29, 0.717) is 6.54 Å². The van der Waals surface area contributed by atoms with Crippen LogP contribution in [0.4, 0.5) is 4.79 Å². The lowest BCUT2D eigenvalue weighted by Crippen LogP contribution is -2.51. The number of likely N-dealkylation sites (N-methyl/N-ethyl adjacent to an activating group) is 1. The zero-order valence-corrected chi connectivity index (χ0v) is 12.3. The van der Waals surface area contributed by atoms with Crippen molar-refractivity contribution >= 4 is 12.4 Å². The average Bonchev–Trinajstić information content (AvgIpc) is 2.28. The molecule has 0 bridgehead atoms. The molecule has 0 aromatic heterocycles. The highest BCUT2D eigenvalue weighted by Gasteiger charge is 2.22. The van der Waals surface area contributed by atoms with Gasteiger partial charge in [-0.25, -0.2) is 4.79 Å². The first-order chi connectivity index (χ1) is 8.80. The van der Waals surface area contributed by atoms with Crippen molar-refractivity contribution in [1.82, 2.24) is 15.1 Å². The maximum Gasteiger partial charge on any atom is 0.408 e. The van der Waals surface area contributed by atoms with Crippen LogP contribution in [0.2, 0.25) is 0 Å². The van der Waals surface area contributed by atoms with Crippen LogP contribution in [0.25, 0.3) is 0 Å². The Morgan fingerprint density at radius 3 is 2.37 bits per heavy atom. The number of ether oxygens (including phenoxy) is 1. The molecule has 0 aromatic carbocycles. The molecule has 110 valence electrons. The third-order valence-electron chi connectivity index (χ3n) is 2.92. The van der Waals surface area contributed by atoms with Gasteiger partial charge in [-0.2, -0.15) is 0 Å². The lowest BCUT2D eigenvalue weighted by atomic mass is 10.2. The van der Waals surface area contributed by atoms with Crippen LogP contribution in [-0.2, 0) is 9.53 Å². The largest absolute Gasteiger partial charge is 0.444 e. The van der Waals surface area contributed by atoms with Gasteiger partial charge < -0.3 is 19.7 Å². The summed E-state index contributed by atoms with van der Waals surface area (Å²) < 4.78 is 5.14. The molecule has 0 aromatic rings. The standard InChI is InChI=1S/C13H25N3O3/c1-13(2,3)19-12(18)14-11(10-17)9-16-7-5-15(4)6-8-16/h10-11H,5-9H2,1-4H3,(H,14,18). The molecule has 1 heterocycles. The van der Waals surface area contributed by atoms with E-state index >= 15 is 0 Å². The Labute approximate surface area is 115 Å². The van der Waals surface area contributed by atoms with Crippen LogP contribution in [0.5, 0.6) is 0 Å². The summed E-state index contributed by atoms with van der Waals surface area (Å²) in [6.45, 7) is 9.72. The summed E-state index contributed by atoms with van der Waals surface area (Å²) in [6, 6.07) is -0.516. The molecular formula is C13H25N3O3. The lowest BCUT2D eigenvalue weighted by molar-refractivity contribution is -0.110. The van der Waals surface area contributed by atoms with Crippen molar-refractivity contribution in [3.8, 4) is 0 Å². The zero-order chi connectivity index (χ0) is 14.5. The molecule has 1 atom stereocenters. The summed E-state index contributed by atoms with van der Waals surface area (Å²) >= 11 is 0. The van der Waals surface area contributed by atoms with E-state index in [-0.39, 0.29) is 0 Å². The van der Waals surface area contributed by atoms with Gasteiger partial charge in [-0.05, 0) is 27.8 Å². The minimum atomic E-state index is -0.550. The molecule has 1 aliphatic heterocycles. The highest BCUT2D eigenvalue weighted by Crippen LogP contribution is 2.07. The van der Waals surface area contributed by atoms with E-state index in [1.54, 1.807) is 20.8 Å². The molecule has 1 rings (SSSR count). The molecule has 6 nitrogen and oxygen atoms in total. The minimum Gasteiger partial charge on any atom is -0.444 e. The predicted molar refractivity (Wildman–Crippen MR) is 73.2 cm³/mol. The number of carbonyl (C=O) groups excluding carboxylic acids is 2. The smallest absolute Gasteiger partial charge is 0.408 e. The zero-order valence-electron chi connectivity index (χ0n) is 12.3. The third-order valence-corrected chi connectivity index (χ3v) is 2.92. The maximum absolute atomic E-state index is 11.6. The first kappa shape index (κ1) is 15.9. The van der Waals surface area contributed by atoms with Crippen LogP contribution in [0, 0.1) is 0 Å². The van der Waals surface area contributed by atoms with Crippen molar-refractivity contribution < 1.29 is 14.3 Å². The predicted octanol–water partition coefficient (Wildman–Crippen LogP) is 0.326. The van der Waals surface area contributed by atoms with Crippen molar-refractivity contribution in [2.45, 2.75) is 32.4 Å². The van der Waals surface area contributed by atoms with E-state index in [9.17, 15) is 9.59 Å². The third kappa shape index (κ3) is 6.54. The Morgan fingerprint density at radius 1 is 1.32 bits per heavy atom. The second kappa shape index (κ2) is 6.86. The van der Waals surface area contributed by atoms with Crippen molar-refractivity contribution in [3.63, 3.8) is 0 Å². The van der Waals surface area contributed by atoms with Crippen molar-refractivity contribution in [2.75, 3.05) is 39.8 Å². The van der Waals surface area contributed by atoms with Gasteiger partial charge in [0.15, 0.2) is 0 Å². The first-order valence-corrected chi connectivity index (χ1v) is 6.66. The molecule has 0 aliphatic carbocycles. The van der Waals surface area contributed by atoms with E-state index < -0.39 is 17.7 Å². The van der Waals surface area contributed by atoms with Crippen LogP contribution in [-0.4, -0.2) is 73.6 Å². The summed E-state index contributed by atoms with van der Waals surface area (Å²) in [7, 11) is 2.08. The summed E-state index contributed by atoms with van der Waals surface area (Å²) in [5, 5.41) is 2.60. The Hall–Kier alpha value is -1.14. The number of nitrogens with one attached hydrogen (secondary N) is 1. The van der Waals surface area contributed by atoms with E-state index in [1.807, 2.05) is 0 Å². The number of carbonyl (C=O) groups is 2. The fourth-order valence-corrected chi connectivity index (χ4v) is 1.89. The van der Waals surface area contributed by atoms with E-state index in [4.69, 9.17) is 4.74 Å². The number of nitrogens with zero attached hydrogens (tertiary/aromatic N) is 2. The molecule has 1 aliphatic rings. The van der Waals surface area contributed by atoms with Crippen LogP contribution in [0.1, 0.15) is 20.8 Å². The van der Waals surface area contributed by atoms with Gasteiger partial charge in [0.1, 0.15) is 17.9 Å². The summed E-state index contributed by atoms with van der Waals surface area (Å²) in [4.78, 5) is 27.1. The summed E-state index contributed by atoms with van der Waals surface area (Å²) in [5.74, 6) is 0. The van der Waals surface area contributed by atoms with Gasteiger partial charge in [0.05, 0.1) is 0 Å². The molecule has 1 fully saturated rings. The number of rotatable bonds is 4. The molecule has 1 saturated heterocycles. The van der Waals surface area contributed by atoms with Crippen LogP contribution >= 0.6 is 0 Å². The van der Waals surface area contributed by atoms with E-state index in [2.05, 4.69) is 22.2 Å². The number of piperazine rings is 1. The Kier molecular flexibility index (Phi) is 5.75. The van der Waals surface area contributed by atoms with Crippen LogP contribution < -0.4 is 5.32 Å².